The Morgan fingerprint density at radius 3 is 2.46 bits per heavy atom. The number of H-pyrrole nitrogens is 1. The Bertz CT molecular complexity index is 825. The summed E-state index contributed by atoms with van der Waals surface area (Å²) in [7, 11) is -5.55. The fourth-order valence-electron chi connectivity index (χ4n) is 2.45. The Labute approximate surface area is 133 Å². The molecule has 0 amide bonds. The van der Waals surface area contributed by atoms with Gasteiger partial charge in [-0.1, -0.05) is 0 Å². The van der Waals surface area contributed by atoms with Crippen molar-refractivity contribution in [2.24, 2.45) is 0 Å². The number of carbonyl (C=O) groups excluding carboxylic acids is 1. The van der Waals surface area contributed by atoms with Crippen molar-refractivity contribution in [3.8, 4) is 0 Å². The van der Waals surface area contributed by atoms with Gasteiger partial charge >= 0.3 is 13.3 Å². The van der Waals surface area contributed by atoms with Crippen LogP contribution in [-0.2, 0) is 19.8 Å². The summed E-state index contributed by atoms with van der Waals surface area (Å²) in [5.74, 6) is 0. The second kappa shape index (κ2) is 6.01. The van der Waals surface area contributed by atoms with Crippen LogP contribution in [0, 0.1) is 6.92 Å². The van der Waals surface area contributed by atoms with Gasteiger partial charge in [0.05, 0.1) is 6.61 Å². The van der Waals surface area contributed by atoms with Crippen LogP contribution in [0.3, 0.4) is 0 Å². The highest BCUT2D eigenvalue weighted by Crippen LogP contribution is 2.48. The van der Waals surface area contributed by atoms with Gasteiger partial charge in [0.2, 0.25) is 0 Å². The van der Waals surface area contributed by atoms with Crippen LogP contribution in [0.5, 0.6) is 0 Å². The molecule has 0 bridgehead atoms. The minimum absolute atomic E-state index is 0.134. The van der Waals surface area contributed by atoms with Gasteiger partial charge in [-0.05, 0) is 6.92 Å². The Morgan fingerprint density at radius 1 is 1.42 bits per heavy atom. The molecule has 1 aliphatic rings. The number of hydrogen-bond donors (Lipinski definition) is 6. The van der Waals surface area contributed by atoms with Crippen LogP contribution in [0.25, 0.3) is 0 Å². The number of carbonyl (C=O) groups is 1. The maximum Gasteiger partial charge on any atom is 0.396 e. The molecule has 0 spiro atoms. The minimum atomic E-state index is -5.55. The number of aliphatic hydroxyl groups excluding tert-OH is 3. The highest BCUT2D eigenvalue weighted by molar-refractivity contribution is 7.70. The van der Waals surface area contributed by atoms with Crippen molar-refractivity contribution in [2.75, 3.05) is 6.61 Å². The Hall–Kier alpha value is -1.66. The van der Waals surface area contributed by atoms with Crippen LogP contribution in [-0.4, -0.2) is 65.1 Å². The van der Waals surface area contributed by atoms with E-state index in [9.17, 15) is 38.9 Å². The molecule has 4 atom stereocenters. The number of nitrogens with zero attached hydrogens (tertiary/aromatic N) is 1. The van der Waals surface area contributed by atoms with Crippen molar-refractivity contribution >= 4 is 13.1 Å². The molecule has 24 heavy (non-hydrogen) atoms. The van der Waals surface area contributed by atoms with Crippen molar-refractivity contribution in [3.63, 3.8) is 0 Å². The summed E-state index contributed by atoms with van der Waals surface area (Å²) in [6.45, 7) is 0.317. The zero-order chi connectivity index (χ0) is 18.4. The van der Waals surface area contributed by atoms with Gasteiger partial charge < -0.3 is 29.8 Å². The SMILES string of the molecule is Cc1cn([C@]2(C(=O)P(=O)(O)O)O[C@H](CO)[C@@H](O)C2O)c(=O)[nH]c1=O. The molecule has 6 N–H and O–H groups in total. The van der Waals surface area contributed by atoms with E-state index in [1.807, 2.05) is 0 Å². The van der Waals surface area contributed by atoms with Gasteiger partial charge in [0, 0.05) is 11.8 Å². The predicted octanol–water partition coefficient (Wildman–Crippen LogP) is -3.68. The van der Waals surface area contributed by atoms with Gasteiger partial charge in [-0.15, -0.1) is 0 Å². The molecule has 1 aliphatic heterocycles. The van der Waals surface area contributed by atoms with Crippen molar-refractivity contribution in [2.45, 2.75) is 31.0 Å². The molecule has 0 aromatic carbocycles. The number of aromatic nitrogens is 2. The van der Waals surface area contributed by atoms with Gasteiger partial charge in [0.15, 0.2) is 0 Å². The number of hydrogen-bond acceptors (Lipinski definition) is 8. The molecule has 1 saturated heterocycles. The predicted molar refractivity (Wildman–Crippen MR) is 75.1 cm³/mol. The van der Waals surface area contributed by atoms with Crippen molar-refractivity contribution in [3.05, 3.63) is 32.6 Å². The standard InChI is InChI=1S/C11H15N2O10P/c1-4-2-13(10(19)12-8(4)17)11(9(18)24(20,21)22)7(16)6(15)5(3-14)23-11/h2,5-7,14-16H,3H2,1H3,(H,12,17,19)(H2,20,21,22)/t5-,6-,7?,11+/m1/s1. The molecule has 2 rings (SSSR count). The summed E-state index contributed by atoms with van der Waals surface area (Å²) in [6, 6.07) is 0. The molecule has 12 nitrogen and oxygen atoms in total. The third-order valence-corrected chi connectivity index (χ3v) is 4.51. The first kappa shape index (κ1) is 18.7. The molecular formula is C11H15N2O10P. The van der Waals surface area contributed by atoms with E-state index in [4.69, 9.17) is 9.84 Å². The summed E-state index contributed by atoms with van der Waals surface area (Å²) < 4.78 is 16.7. The fourth-order valence-corrected chi connectivity index (χ4v) is 3.16. The average Bonchev–Trinajstić information content (AvgIpc) is 2.74. The lowest BCUT2D eigenvalue weighted by molar-refractivity contribution is -0.169. The molecule has 0 saturated carbocycles. The van der Waals surface area contributed by atoms with E-state index in [-0.39, 0.29) is 10.1 Å². The van der Waals surface area contributed by atoms with E-state index in [1.54, 1.807) is 4.98 Å². The van der Waals surface area contributed by atoms with E-state index < -0.39 is 55.0 Å². The van der Waals surface area contributed by atoms with Crippen LogP contribution in [0.1, 0.15) is 5.56 Å². The normalized spacial score (nSPS) is 30.5. The van der Waals surface area contributed by atoms with Crippen molar-refractivity contribution in [1.29, 1.82) is 0 Å². The summed E-state index contributed by atoms with van der Waals surface area (Å²) in [4.78, 5) is 55.9. The third-order valence-electron chi connectivity index (χ3n) is 3.67. The summed E-state index contributed by atoms with van der Waals surface area (Å²) in [5.41, 5.74) is -7.30. The first-order valence-corrected chi connectivity index (χ1v) is 8.16. The van der Waals surface area contributed by atoms with Crippen molar-refractivity contribution in [1.82, 2.24) is 9.55 Å². The van der Waals surface area contributed by atoms with Crippen LogP contribution in [0.2, 0.25) is 0 Å². The van der Waals surface area contributed by atoms with Gasteiger partial charge in [-0.25, -0.2) is 4.79 Å². The molecule has 0 aliphatic carbocycles. The Kier molecular flexibility index (Phi) is 4.67. The van der Waals surface area contributed by atoms with Crippen LogP contribution >= 0.6 is 7.60 Å². The number of aliphatic hydroxyl groups is 3. The van der Waals surface area contributed by atoms with E-state index in [0.717, 1.165) is 6.20 Å². The number of rotatable bonds is 4. The van der Waals surface area contributed by atoms with E-state index in [0.29, 0.717) is 0 Å². The van der Waals surface area contributed by atoms with Crippen LogP contribution in [0.15, 0.2) is 15.8 Å². The summed E-state index contributed by atoms with van der Waals surface area (Å²) in [5, 5.41) is 29.2. The molecular weight excluding hydrogens is 351 g/mol. The van der Waals surface area contributed by atoms with E-state index >= 15 is 0 Å². The molecule has 1 aromatic heterocycles. The Morgan fingerprint density at radius 2 is 2.00 bits per heavy atom. The molecule has 1 aromatic rings. The van der Waals surface area contributed by atoms with Gasteiger partial charge in [-0.3, -0.25) is 23.7 Å². The molecule has 0 radical (unpaired) electrons. The maximum atomic E-state index is 12.3. The molecule has 1 fully saturated rings. The second-order valence-electron chi connectivity index (χ2n) is 5.26. The minimum Gasteiger partial charge on any atom is -0.394 e. The zero-order valence-electron chi connectivity index (χ0n) is 12.2. The summed E-state index contributed by atoms with van der Waals surface area (Å²) in [6.07, 6.45) is -5.07. The third kappa shape index (κ3) is 2.67. The lowest BCUT2D eigenvalue weighted by Crippen LogP contribution is -2.56. The number of ether oxygens (including phenoxy) is 1. The van der Waals surface area contributed by atoms with Crippen LogP contribution < -0.4 is 11.2 Å². The first-order chi connectivity index (χ1) is 11.0. The second-order valence-corrected chi connectivity index (χ2v) is 6.76. The van der Waals surface area contributed by atoms with Crippen LogP contribution in [0.4, 0.5) is 0 Å². The maximum absolute atomic E-state index is 12.3. The Balaban J connectivity index is 2.82. The van der Waals surface area contributed by atoms with Crippen molar-refractivity contribution < 1.29 is 39.2 Å². The largest absolute Gasteiger partial charge is 0.396 e. The topological polar surface area (TPSA) is 199 Å². The molecule has 134 valence electrons. The molecule has 1 unspecified atom stereocenters. The van der Waals surface area contributed by atoms with Gasteiger partial charge in [0.1, 0.15) is 18.3 Å². The highest BCUT2D eigenvalue weighted by Gasteiger charge is 2.64. The number of aryl methyl sites for hydroxylation is 1. The lowest BCUT2D eigenvalue weighted by atomic mass is 10.0. The number of aromatic amines is 1. The fraction of sp³-hybridized carbons (Fsp3) is 0.545. The quantitative estimate of drug-likeness (QED) is 0.288. The zero-order valence-corrected chi connectivity index (χ0v) is 13.1. The monoisotopic (exact) mass is 366 g/mol. The summed E-state index contributed by atoms with van der Waals surface area (Å²) >= 11 is 0. The average molecular weight is 366 g/mol. The van der Waals surface area contributed by atoms with E-state index in [1.165, 1.54) is 6.92 Å². The van der Waals surface area contributed by atoms with Gasteiger partial charge in [0.25, 0.3) is 16.8 Å². The smallest absolute Gasteiger partial charge is 0.394 e. The molecule has 13 heteroatoms. The lowest BCUT2D eigenvalue weighted by Gasteiger charge is -2.32. The van der Waals surface area contributed by atoms with E-state index in [2.05, 4.69) is 0 Å². The molecule has 2 heterocycles. The van der Waals surface area contributed by atoms with Gasteiger partial charge in [-0.2, -0.15) is 0 Å². The highest BCUT2D eigenvalue weighted by atomic mass is 31.2. The number of nitrogens with one attached hydrogen (secondary N) is 1. The first-order valence-electron chi connectivity index (χ1n) is 6.55.